The van der Waals surface area contributed by atoms with Gasteiger partial charge in [-0.25, -0.2) is 4.79 Å². The van der Waals surface area contributed by atoms with Gasteiger partial charge in [0.15, 0.2) is 0 Å². The van der Waals surface area contributed by atoms with Crippen molar-refractivity contribution in [3.63, 3.8) is 0 Å². The summed E-state index contributed by atoms with van der Waals surface area (Å²) in [5.74, 6) is -1.39. The summed E-state index contributed by atoms with van der Waals surface area (Å²) in [5.41, 5.74) is 5.54. The minimum atomic E-state index is -1.09. The number of anilines is 1. The Bertz CT molecular complexity index is 421. The highest BCUT2D eigenvalue weighted by Gasteiger charge is 2.12. The molecule has 0 aromatic heterocycles. The lowest BCUT2D eigenvalue weighted by Crippen LogP contribution is -2.18. The van der Waals surface area contributed by atoms with Gasteiger partial charge in [0.25, 0.3) is 0 Å². The monoisotopic (exact) mass is 286 g/mol. The van der Waals surface area contributed by atoms with E-state index in [0.29, 0.717) is 4.47 Å². The molecule has 6 heteroatoms. The molecule has 0 aliphatic heterocycles. The van der Waals surface area contributed by atoms with Crippen LogP contribution in [0.25, 0.3) is 0 Å². The van der Waals surface area contributed by atoms with Crippen LogP contribution < -0.4 is 11.1 Å². The molecule has 0 saturated carbocycles. The van der Waals surface area contributed by atoms with E-state index in [9.17, 15) is 9.59 Å². The summed E-state index contributed by atoms with van der Waals surface area (Å²) in [7, 11) is 0. The van der Waals surface area contributed by atoms with Crippen molar-refractivity contribution in [3.8, 4) is 0 Å². The maximum Gasteiger partial charge on any atom is 0.337 e. The number of benzene rings is 1. The van der Waals surface area contributed by atoms with E-state index in [0.717, 1.165) is 0 Å². The minimum Gasteiger partial charge on any atom is -0.478 e. The molecule has 0 heterocycles. The Kier molecular flexibility index (Phi) is 4.45. The molecule has 0 radical (unpaired) electrons. The fourth-order valence-electron chi connectivity index (χ4n) is 1.15. The molecular formula is C10H11BrN2O3. The number of amides is 1. The number of aromatic carboxylic acids is 1. The fraction of sp³-hybridized carbons (Fsp3) is 0.200. The highest BCUT2D eigenvalue weighted by molar-refractivity contribution is 9.10. The van der Waals surface area contributed by atoms with Crippen LogP contribution in [-0.4, -0.2) is 23.5 Å². The third-order valence-corrected chi connectivity index (χ3v) is 2.35. The van der Waals surface area contributed by atoms with Crippen molar-refractivity contribution in [2.24, 2.45) is 5.73 Å². The van der Waals surface area contributed by atoms with E-state index < -0.39 is 5.97 Å². The lowest BCUT2D eigenvalue weighted by Gasteiger charge is -2.08. The third-order valence-electron chi connectivity index (χ3n) is 1.86. The van der Waals surface area contributed by atoms with Crippen LogP contribution in [0.4, 0.5) is 5.69 Å². The van der Waals surface area contributed by atoms with Crippen molar-refractivity contribution in [3.05, 3.63) is 28.2 Å². The van der Waals surface area contributed by atoms with Gasteiger partial charge in [-0.2, -0.15) is 0 Å². The zero-order chi connectivity index (χ0) is 12.1. The molecule has 0 bridgehead atoms. The largest absolute Gasteiger partial charge is 0.478 e. The molecule has 4 N–H and O–H groups in total. The first-order valence-electron chi connectivity index (χ1n) is 4.57. The van der Waals surface area contributed by atoms with E-state index >= 15 is 0 Å². The van der Waals surface area contributed by atoms with E-state index in [1.807, 2.05) is 0 Å². The van der Waals surface area contributed by atoms with Gasteiger partial charge >= 0.3 is 5.97 Å². The van der Waals surface area contributed by atoms with E-state index in [1.165, 1.54) is 12.1 Å². The van der Waals surface area contributed by atoms with Crippen molar-refractivity contribution in [1.82, 2.24) is 0 Å². The van der Waals surface area contributed by atoms with Gasteiger partial charge in [-0.05, 0) is 18.2 Å². The number of carboxylic acid groups (broad SMARTS) is 1. The van der Waals surface area contributed by atoms with Gasteiger partial charge in [0.2, 0.25) is 5.91 Å². The molecule has 0 fully saturated rings. The molecule has 1 aromatic rings. The summed E-state index contributed by atoms with van der Waals surface area (Å²) in [5, 5.41) is 11.4. The van der Waals surface area contributed by atoms with Gasteiger partial charge in [-0.3, -0.25) is 4.79 Å². The number of nitrogens with two attached hydrogens (primary N) is 1. The summed E-state index contributed by atoms with van der Waals surface area (Å²) in [6.45, 7) is 0.224. The average Bonchev–Trinajstić information content (AvgIpc) is 2.17. The predicted octanol–water partition coefficient (Wildman–Crippen LogP) is 1.43. The maximum absolute atomic E-state index is 11.3. The molecule has 0 aliphatic rings. The van der Waals surface area contributed by atoms with Crippen molar-refractivity contribution < 1.29 is 14.7 Å². The van der Waals surface area contributed by atoms with Crippen LogP contribution in [0.5, 0.6) is 0 Å². The summed E-state index contributed by atoms with van der Waals surface area (Å²) in [6, 6.07) is 4.56. The smallest absolute Gasteiger partial charge is 0.337 e. The van der Waals surface area contributed by atoms with Gasteiger partial charge < -0.3 is 16.2 Å². The molecule has 5 nitrogen and oxygen atoms in total. The van der Waals surface area contributed by atoms with Crippen LogP contribution in [0.1, 0.15) is 16.8 Å². The Hall–Kier alpha value is -1.40. The van der Waals surface area contributed by atoms with Crippen molar-refractivity contribution in [1.29, 1.82) is 0 Å². The summed E-state index contributed by atoms with van der Waals surface area (Å²) in [6.07, 6.45) is 0.158. The molecular weight excluding hydrogens is 276 g/mol. The highest BCUT2D eigenvalue weighted by Crippen LogP contribution is 2.21. The number of carbonyl (C=O) groups is 2. The first-order valence-corrected chi connectivity index (χ1v) is 5.36. The number of rotatable bonds is 4. The normalized spacial score (nSPS) is 9.88. The molecule has 1 amide bonds. The molecule has 1 rings (SSSR count). The van der Waals surface area contributed by atoms with Gasteiger partial charge in [0.1, 0.15) is 0 Å². The molecule has 0 atom stereocenters. The van der Waals surface area contributed by atoms with E-state index in [2.05, 4.69) is 21.2 Å². The van der Waals surface area contributed by atoms with Gasteiger partial charge in [-0.15, -0.1) is 0 Å². The zero-order valence-electron chi connectivity index (χ0n) is 8.37. The van der Waals surface area contributed by atoms with E-state index in [1.54, 1.807) is 6.07 Å². The van der Waals surface area contributed by atoms with E-state index in [4.69, 9.17) is 10.8 Å². The summed E-state index contributed by atoms with van der Waals surface area (Å²) >= 11 is 3.21. The highest BCUT2D eigenvalue weighted by atomic mass is 79.9. The molecule has 86 valence electrons. The van der Waals surface area contributed by atoms with Crippen molar-refractivity contribution in [2.75, 3.05) is 11.9 Å². The average molecular weight is 287 g/mol. The van der Waals surface area contributed by atoms with Gasteiger partial charge in [-0.1, -0.05) is 15.9 Å². The van der Waals surface area contributed by atoms with Crippen molar-refractivity contribution >= 4 is 33.5 Å². The van der Waals surface area contributed by atoms with Crippen molar-refractivity contribution in [2.45, 2.75) is 6.42 Å². The second-order valence-electron chi connectivity index (χ2n) is 3.08. The standard InChI is InChI=1S/C10H11BrN2O3/c11-6-1-2-7(10(15)16)8(5-6)13-9(14)3-4-12/h1-2,5H,3-4,12H2,(H,13,14)(H,15,16). The Morgan fingerprint density at radius 3 is 2.69 bits per heavy atom. The number of halogens is 1. The number of hydrogen-bond acceptors (Lipinski definition) is 3. The van der Waals surface area contributed by atoms with Gasteiger partial charge in [0, 0.05) is 17.4 Å². The van der Waals surface area contributed by atoms with E-state index in [-0.39, 0.29) is 30.1 Å². The maximum atomic E-state index is 11.3. The molecule has 0 saturated heterocycles. The molecule has 0 spiro atoms. The molecule has 1 aromatic carbocycles. The van der Waals surface area contributed by atoms with Gasteiger partial charge in [0.05, 0.1) is 11.3 Å². The Morgan fingerprint density at radius 2 is 2.12 bits per heavy atom. The second-order valence-corrected chi connectivity index (χ2v) is 4.00. The molecule has 0 unspecified atom stereocenters. The number of carboxylic acids is 1. The Balaban J connectivity index is 2.96. The minimum absolute atomic E-state index is 0.0496. The Morgan fingerprint density at radius 1 is 1.44 bits per heavy atom. The lowest BCUT2D eigenvalue weighted by molar-refractivity contribution is -0.116. The van der Waals surface area contributed by atoms with Crippen LogP contribution in [0.2, 0.25) is 0 Å². The number of carbonyl (C=O) groups excluding carboxylic acids is 1. The van der Waals surface area contributed by atoms with Crippen LogP contribution in [0.15, 0.2) is 22.7 Å². The Labute approximate surface area is 101 Å². The summed E-state index contributed by atoms with van der Waals surface area (Å²) in [4.78, 5) is 22.2. The topological polar surface area (TPSA) is 92.4 Å². The lowest BCUT2D eigenvalue weighted by atomic mass is 10.2. The first-order chi connectivity index (χ1) is 7.54. The van der Waals surface area contributed by atoms with Crippen LogP contribution >= 0.6 is 15.9 Å². The SMILES string of the molecule is NCCC(=O)Nc1cc(Br)ccc1C(=O)O. The summed E-state index contributed by atoms with van der Waals surface area (Å²) < 4.78 is 0.695. The zero-order valence-corrected chi connectivity index (χ0v) is 9.95. The fourth-order valence-corrected chi connectivity index (χ4v) is 1.51. The third kappa shape index (κ3) is 3.32. The van der Waals surface area contributed by atoms with Crippen LogP contribution in [0, 0.1) is 0 Å². The number of nitrogens with one attached hydrogen (secondary N) is 1. The predicted molar refractivity (Wildman–Crippen MR) is 63.4 cm³/mol. The quantitative estimate of drug-likeness (QED) is 0.781. The molecule has 16 heavy (non-hydrogen) atoms. The number of hydrogen-bond donors (Lipinski definition) is 3. The molecule has 0 aliphatic carbocycles. The van der Waals surface area contributed by atoms with Crippen LogP contribution in [-0.2, 0) is 4.79 Å². The second kappa shape index (κ2) is 5.62. The van der Waals surface area contributed by atoms with Crippen LogP contribution in [0.3, 0.4) is 0 Å². The first kappa shape index (κ1) is 12.7.